The Morgan fingerprint density at radius 3 is 2.77 bits per heavy atom. The second-order valence-electron chi connectivity index (χ2n) is 6.55. The quantitative estimate of drug-likeness (QED) is 0.215. The summed E-state index contributed by atoms with van der Waals surface area (Å²) in [5.74, 6) is 2.13. The van der Waals surface area contributed by atoms with Gasteiger partial charge in [0.1, 0.15) is 18.4 Å². The number of rotatable bonds is 7. The molecule has 0 bridgehead atoms. The monoisotopic (exact) mass is 529 g/mol. The van der Waals surface area contributed by atoms with Gasteiger partial charge in [-0.1, -0.05) is 18.2 Å². The molecule has 2 N–H and O–H groups in total. The average Bonchev–Trinajstić information content (AvgIpc) is 3.49. The van der Waals surface area contributed by atoms with Crippen LogP contribution in [-0.2, 0) is 13.1 Å². The highest BCUT2D eigenvalue weighted by Gasteiger charge is 2.07. The predicted molar refractivity (Wildman–Crippen MR) is 130 cm³/mol. The van der Waals surface area contributed by atoms with Crippen LogP contribution < -0.4 is 10.6 Å². The van der Waals surface area contributed by atoms with Crippen molar-refractivity contribution in [2.75, 3.05) is 6.54 Å². The first-order valence-corrected chi connectivity index (χ1v) is 9.77. The van der Waals surface area contributed by atoms with Gasteiger partial charge in [-0.3, -0.25) is 4.57 Å². The number of benzene rings is 1. The van der Waals surface area contributed by atoms with Gasteiger partial charge in [0.05, 0.1) is 18.8 Å². The topological polar surface area (TPSA) is 93.2 Å². The van der Waals surface area contributed by atoms with E-state index in [9.17, 15) is 0 Å². The minimum absolute atomic E-state index is 0. The van der Waals surface area contributed by atoms with Gasteiger partial charge in [-0.15, -0.1) is 24.0 Å². The zero-order chi connectivity index (χ0) is 20.6. The Balaban J connectivity index is 0.00000272. The number of oxazole rings is 1. The molecule has 0 aliphatic heterocycles. The molecular formula is C22H24IN7O. The fraction of sp³-hybridized carbons (Fsp3) is 0.182. The van der Waals surface area contributed by atoms with Crippen molar-refractivity contribution in [2.24, 2.45) is 4.99 Å². The molecule has 9 heteroatoms. The van der Waals surface area contributed by atoms with Gasteiger partial charge in [-0.05, 0) is 36.8 Å². The number of guanidine groups is 1. The van der Waals surface area contributed by atoms with E-state index >= 15 is 0 Å². The maximum Gasteiger partial charge on any atom is 0.226 e. The number of hydrogen-bond donors (Lipinski definition) is 2. The van der Waals surface area contributed by atoms with Gasteiger partial charge in [-0.25, -0.2) is 19.9 Å². The van der Waals surface area contributed by atoms with Gasteiger partial charge in [0.25, 0.3) is 0 Å². The Morgan fingerprint density at radius 2 is 2.00 bits per heavy atom. The second-order valence-corrected chi connectivity index (χ2v) is 6.55. The van der Waals surface area contributed by atoms with Crippen LogP contribution in [-0.4, -0.2) is 32.0 Å². The SMILES string of the molecule is CCNC(=NCc1ccnc(-n2ccnc2)c1)NCc1coc(-c2ccccc2)n1.I. The van der Waals surface area contributed by atoms with Crippen molar-refractivity contribution in [2.45, 2.75) is 20.0 Å². The van der Waals surface area contributed by atoms with E-state index in [-0.39, 0.29) is 24.0 Å². The summed E-state index contributed by atoms with van der Waals surface area (Å²) in [6.45, 7) is 3.83. The Morgan fingerprint density at radius 1 is 1.13 bits per heavy atom. The van der Waals surface area contributed by atoms with Gasteiger partial charge in [0, 0.05) is 30.7 Å². The molecule has 4 aromatic rings. The van der Waals surface area contributed by atoms with E-state index in [1.165, 1.54) is 0 Å². The normalized spacial score (nSPS) is 11.1. The number of hydrogen-bond acceptors (Lipinski definition) is 5. The number of imidazole rings is 1. The summed E-state index contributed by atoms with van der Waals surface area (Å²) in [6, 6.07) is 13.8. The summed E-state index contributed by atoms with van der Waals surface area (Å²) in [5, 5.41) is 6.55. The lowest BCUT2D eigenvalue weighted by molar-refractivity contribution is 0.572. The van der Waals surface area contributed by atoms with Crippen molar-refractivity contribution < 1.29 is 4.42 Å². The summed E-state index contributed by atoms with van der Waals surface area (Å²) < 4.78 is 7.46. The third-order valence-electron chi connectivity index (χ3n) is 4.35. The van der Waals surface area contributed by atoms with Gasteiger partial charge in [0.15, 0.2) is 5.96 Å². The lowest BCUT2D eigenvalue weighted by Gasteiger charge is -2.10. The van der Waals surface area contributed by atoms with Crippen LogP contribution in [0, 0.1) is 0 Å². The van der Waals surface area contributed by atoms with Crippen molar-refractivity contribution in [3.05, 3.63) is 84.9 Å². The number of aromatic nitrogens is 4. The van der Waals surface area contributed by atoms with E-state index in [0.29, 0.717) is 24.9 Å². The summed E-state index contributed by atoms with van der Waals surface area (Å²) >= 11 is 0. The number of pyridine rings is 1. The van der Waals surface area contributed by atoms with E-state index in [4.69, 9.17) is 4.42 Å². The Bertz CT molecular complexity index is 1090. The maximum absolute atomic E-state index is 5.60. The summed E-state index contributed by atoms with van der Waals surface area (Å²) in [4.78, 5) is 17.6. The molecule has 8 nitrogen and oxygen atoms in total. The molecule has 0 aliphatic carbocycles. The Kier molecular flexibility index (Phi) is 8.16. The first-order valence-electron chi connectivity index (χ1n) is 9.77. The molecule has 0 saturated heterocycles. The fourth-order valence-corrected chi connectivity index (χ4v) is 2.88. The molecular weight excluding hydrogens is 505 g/mol. The minimum atomic E-state index is 0. The van der Waals surface area contributed by atoms with Gasteiger partial charge in [0.2, 0.25) is 5.89 Å². The molecule has 0 atom stereocenters. The number of aliphatic imine (C=N–C) groups is 1. The van der Waals surface area contributed by atoms with Crippen LogP contribution in [0.3, 0.4) is 0 Å². The Hall–Kier alpha value is -3.21. The van der Waals surface area contributed by atoms with Gasteiger partial charge < -0.3 is 15.1 Å². The molecule has 0 radical (unpaired) electrons. The predicted octanol–water partition coefficient (Wildman–Crippen LogP) is 3.80. The summed E-state index contributed by atoms with van der Waals surface area (Å²) in [6.07, 6.45) is 8.76. The first kappa shape index (κ1) is 22.5. The second kappa shape index (κ2) is 11.3. The molecule has 31 heavy (non-hydrogen) atoms. The highest BCUT2D eigenvalue weighted by Crippen LogP contribution is 2.17. The molecule has 0 spiro atoms. The lowest BCUT2D eigenvalue weighted by Crippen LogP contribution is -2.36. The summed E-state index contributed by atoms with van der Waals surface area (Å²) in [7, 11) is 0. The third-order valence-corrected chi connectivity index (χ3v) is 4.35. The fourth-order valence-electron chi connectivity index (χ4n) is 2.88. The summed E-state index contributed by atoms with van der Waals surface area (Å²) in [5.41, 5.74) is 2.82. The largest absolute Gasteiger partial charge is 0.444 e. The van der Waals surface area contributed by atoms with Crippen molar-refractivity contribution >= 4 is 29.9 Å². The van der Waals surface area contributed by atoms with Crippen LogP contribution in [0.25, 0.3) is 17.3 Å². The maximum atomic E-state index is 5.60. The van der Waals surface area contributed by atoms with Crippen LogP contribution in [0.15, 0.2) is 83.1 Å². The molecule has 1 aromatic carbocycles. The number of nitrogens with zero attached hydrogens (tertiary/aromatic N) is 5. The third kappa shape index (κ3) is 6.14. The number of nitrogens with one attached hydrogen (secondary N) is 2. The zero-order valence-electron chi connectivity index (χ0n) is 17.1. The average molecular weight is 529 g/mol. The molecule has 3 aromatic heterocycles. The van der Waals surface area contributed by atoms with E-state index in [1.807, 2.05) is 60.2 Å². The molecule has 0 unspecified atom stereocenters. The molecule has 0 aliphatic rings. The standard InChI is InChI=1S/C22H23N7O.HI/c1-2-24-22(26-13-17-8-9-25-20(12-17)29-11-10-23-16-29)27-14-19-15-30-21(28-19)18-6-4-3-5-7-18;/h3-12,15-16H,2,13-14H2,1H3,(H2,24,26,27);1H. The van der Waals surface area contributed by atoms with Crippen LogP contribution in [0.1, 0.15) is 18.2 Å². The van der Waals surface area contributed by atoms with Crippen molar-refractivity contribution in [3.63, 3.8) is 0 Å². The van der Waals surface area contributed by atoms with Crippen molar-refractivity contribution in [1.82, 2.24) is 30.2 Å². The van der Waals surface area contributed by atoms with E-state index in [0.717, 1.165) is 29.2 Å². The molecule has 4 rings (SSSR count). The first-order chi connectivity index (χ1) is 14.8. The van der Waals surface area contributed by atoms with Crippen molar-refractivity contribution in [3.8, 4) is 17.3 Å². The Labute approximate surface area is 197 Å². The molecule has 0 amide bonds. The smallest absolute Gasteiger partial charge is 0.226 e. The van der Waals surface area contributed by atoms with Crippen LogP contribution in [0.5, 0.6) is 0 Å². The van der Waals surface area contributed by atoms with Gasteiger partial charge in [-0.2, -0.15) is 0 Å². The van der Waals surface area contributed by atoms with Gasteiger partial charge >= 0.3 is 0 Å². The van der Waals surface area contributed by atoms with E-state index in [2.05, 4.69) is 30.6 Å². The zero-order valence-corrected chi connectivity index (χ0v) is 19.4. The highest BCUT2D eigenvalue weighted by molar-refractivity contribution is 14.0. The van der Waals surface area contributed by atoms with E-state index in [1.54, 1.807) is 25.0 Å². The van der Waals surface area contributed by atoms with Crippen LogP contribution >= 0.6 is 24.0 Å². The molecule has 3 heterocycles. The van der Waals surface area contributed by atoms with Crippen LogP contribution in [0.4, 0.5) is 0 Å². The molecule has 0 saturated carbocycles. The lowest BCUT2D eigenvalue weighted by atomic mass is 10.2. The minimum Gasteiger partial charge on any atom is -0.444 e. The van der Waals surface area contributed by atoms with Crippen LogP contribution in [0.2, 0.25) is 0 Å². The van der Waals surface area contributed by atoms with E-state index < -0.39 is 0 Å². The highest BCUT2D eigenvalue weighted by atomic mass is 127. The number of halogens is 1. The van der Waals surface area contributed by atoms with Crippen molar-refractivity contribution in [1.29, 1.82) is 0 Å². The molecule has 160 valence electrons. The molecule has 0 fully saturated rings.